The molecule has 2 heterocycles. The van der Waals surface area contributed by atoms with E-state index in [9.17, 15) is 0 Å². The largest absolute Gasteiger partial charge is 1.00 e. The Morgan fingerprint density at radius 1 is 0.792 bits per heavy atom. The molecule has 4 bridgehead atoms. The van der Waals surface area contributed by atoms with Gasteiger partial charge in [0.05, 0.1) is 0 Å². The van der Waals surface area contributed by atoms with Crippen molar-refractivity contribution < 1.29 is 28.5 Å². The van der Waals surface area contributed by atoms with E-state index >= 15 is 0 Å². The molecule has 132 valence electrons. The van der Waals surface area contributed by atoms with E-state index in [0.29, 0.717) is 5.54 Å². The third kappa shape index (κ3) is 2.99. The van der Waals surface area contributed by atoms with Gasteiger partial charge in [0.15, 0.2) is 17.9 Å². The molecule has 5 aliphatic rings. The van der Waals surface area contributed by atoms with Crippen LogP contribution < -0.4 is 33.4 Å². The number of hydrogen-bond acceptors (Lipinski definition) is 1. The maximum absolute atomic E-state index is 2.62. The van der Waals surface area contributed by atoms with Gasteiger partial charge >= 0.3 is 0 Å². The van der Waals surface area contributed by atoms with Gasteiger partial charge in [-0.1, -0.05) is 12.8 Å². The summed E-state index contributed by atoms with van der Waals surface area (Å²) in [5, 5.41) is 0. The van der Waals surface area contributed by atoms with Crippen molar-refractivity contribution in [1.29, 1.82) is 0 Å². The van der Waals surface area contributed by atoms with Gasteiger partial charge in [-0.15, -0.1) is 0 Å². The summed E-state index contributed by atoms with van der Waals surface area (Å²) < 4.78 is 2.62. The van der Waals surface area contributed by atoms with E-state index in [1.807, 2.05) is 0 Å². The molecule has 1 saturated heterocycles. The van der Waals surface area contributed by atoms with Crippen molar-refractivity contribution in [2.45, 2.75) is 69.7 Å². The third-order valence-electron chi connectivity index (χ3n) is 7.34. The zero-order valence-corrected chi connectivity index (χ0v) is 17.0. The Labute approximate surface area is 164 Å². The number of nitrogens with zero attached hydrogens (tertiary/aromatic N) is 2. The maximum atomic E-state index is 2.62. The molecule has 5 fully saturated rings. The van der Waals surface area contributed by atoms with E-state index in [1.54, 1.807) is 0 Å². The fourth-order valence-electron chi connectivity index (χ4n) is 6.66. The highest BCUT2D eigenvalue weighted by atomic mass is 127. The molecular weight excluding hydrogens is 407 g/mol. The van der Waals surface area contributed by atoms with Crippen molar-refractivity contribution in [3.05, 3.63) is 24.5 Å². The average molecular weight is 438 g/mol. The number of rotatable bonds is 2. The van der Waals surface area contributed by atoms with E-state index in [2.05, 4.69) is 34.0 Å². The molecule has 0 radical (unpaired) electrons. The molecule has 0 amide bonds. The predicted molar refractivity (Wildman–Crippen MR) is 93.5 cm³/mol. The summed E-state index contributed by atoms with van der Waals surface area (Å²) in [4.78, 5) is 2.61. The first-order valence-electron chi connectivity index (χ1n) is 10.1. The first-order valence-corrected chi connectivity index (χ1v) is 10.1. The molecule has 6 rings (SSSR count). The molecule has 3 heteroatoms. The zero-order valence-electron chi connectivity index (χ0n) is 14.8. The highest BCUT2D eigenvalue weighted by Crippen LogP contribution is 2.56. The lowest BCUT2D eigenvalue weighted by Gasteiger charge is -2.53. The second-order valence-corrected chi connectivity index (χ2v) is 9.01. The number of pyridine rings is 1. The fraction of sp³-hybridized carbons (Fsp3) is 0.762. The Morgan fingerprint density at radius 3 is 1.79 bits per heavy atom. The topological polar surface area (TPSA) is 7.12 Å². The second kappa shape index (κ2) is 6.77. The molecular formula is C21H31IN2. The first-order chi connectivity index (χ1) is 11.3. The third-order valence-corrected chi connectivity index (χ3v) is 7.34. The van der Waals surface area contributed by atoms with Crippen LogP contribution in [-0.2, 0) is 5.54 Å². The summed E-state index contributed by atoms with van der Waals surface area (Å²) >= 11 is 0. The van der Waals surface area contributed by atoms with Crippen molar-refractivity contribution in [2.24, 2.45) is 17.8 Å². The zero-order chi connectivity index (χ0) is 15.3. The summed E-state index contributed by atoms with van der Waals surface area (Å²) in [5.74, 6) is 3.08. The van der Waals surface area contributed by atoms with E-state index in [0.717, 1.165) is 17.8 Å². The average Bonchev–Trinajstić information content (AvgIpc) is 2.83. The van der Waals surface area contributed by atoms with Crippen LogP contribution in [0.2, 0.25) is 0 Å². The molecule has 24 heavy (non-hydrogen) atoms. The van der Waals surface area contributed by atoms with Crippen LogP contribution >= 0.6 is 0 Å². The summed E-state index contributed by atoms with van der Waals surface area (Å²) in [7, 11) is 0. The number of aromatic nitrogens is 1. The van der Waals surface area contributed by atoms with Crippen LogP contribution in [0.3, 0.4) is 0 Å². The van der Waals surface area contributed by atoms with Gasteiger partial charge in [-0.05, 0) is 49.9 Å². The summed E-state index contributed by atoms with van der Waals surface area (Å²) in [6, 6.07) is 4.81. The molecule has 1 aromatic heterocycles. The smallest absolute Gasteiger partial charge is 0.171 e. The SMILES string of the molecule is [I-].c1c[n+](C23CC4CC(CC(C4)C2)C3)ccc1N1CCCCCC1. The molecule has 0 N–H and O–H groups in total. The van der Waals surface area contributed by atoms with Gasteiger partial charge in [-0.2, -0.15) is 4.57 Å². The molecule has 4 saturated carbocycles. The monoisotopic (exact) mass is 438 g/mol. The molecule has 1 aliphatic heterocycles. The Balaban J connectivity index is 0.00000146. The van der Waals surface area contributed by atoms with Crippen molar-refractivity contribution in [3.63, 3.8) is 0 Å². The number of hydrogen-bond donors (Lipinski definition) is 0. The van der Waals surface area contributed by atoms with Crippen LogP contribution in [0.25, 0.3) is 0 Å². The second-order valence-electron chi connectivity index (χ2n) is 9.01. The Bertz CT molecular complexity index is 524. The molecule has 0 atom stereocenters. The number of halogens is 1. The standard InChI is InChI=1S/C21H31N2.HI/c1-2-4-8-22(7-3-1)20-5-9-23(10-6-20)21-14-17-11-18(15-21)13-19(12-17)16-21;/h5-6,9-10,17-19H,1-4,7-8,11-16H2;1H/q+1;/p-1. The van der Waals surface area contributed by atoms with Crippen LogP contribution in [0.15, 0.2) is 24.5 Å². The van der Waals surface area contributed by atoms with Crippen LogP contribution in [0.4, 0.5) is 5.69 Å². The predicted octanol–water partition coefficient (Wildman–Crippen LogP) is 1.28. The van der Waals surface area contributed by atoms with Crippen molar-refractivity contribution in [3.8, 4) is 0 Å². The van der Waals surface area contributed by atoms with Gasteiger partial charge in [0, 0.05) is 50.2 Å². The van der Waals surface area contributed by atoms with E-state index < -0.39 is 0 Å². The molecule has 2 nitrogen and oxygen atoms in total. The van der Waals surface area contributed by atoms with Gasteiger partial charge in [0.2, 0.25) is 0 Å². The van der Waals surface area contributed by atoms with E-state index in [1.165, 1.54) is 83.0 Å². The summed E-state index contributed by atoms with van der Waals surface area (Å²) in [6.45, 7) is 2.50. The Hall–Kier alpha value is -0.320. The fourth-order valence-corrected chi connectivity index (χ4v) is 6.66. The summed E-state index contributed by atoms with van der Waals surface area (Å²) in [6.07, 6.45) is 19.4. The first kappa shape index (κ1) is 17.1. The van der Waals surface area contributed by atoms with Crippen molar-refractivity contribution >= 4 is 5.69 Å². The lowest BCUT2D eigenvalue weighted by molar-refractivity contribution is -0.776. The minimum atomic E-state index is 0. The van der Waals surface area contributed by atoms with Crippen LogP contribution in [0.5, 0.6) is 0 Å². The van der Waals surface area contributed by atoms with Gasteiger partial charge in [0.25, 0.3) is 0 Å². The highest BCUT2D eigenvalue weighted by Gasteiger charge is 2.56. The van der Waals surface area contributed by atoms with Gasteiger partial charge in [0.1, 0.15) is 0 Å². The molecule has 1 aromatic rings. The normalized spacial score (nSPS) is 37.8. The lowest BCUT2D eigenvalue weighted by atomic mass is 9.53. The quantitative estimate of drug-likeness (QED) is 0.499. The minimum absolute atomic E-state index is 0. The summed E-state index contributed by atoms with van der Waals surface area (Å²) in [5.41, 5.74) is 1.93. The molecule has 0 unspecified atom stereocenters. The van der Waals surface area contributed by atoms with E-state index in [-0.39, 0.29) is 24.0 Å². The Kier molecular flexibility index (Phi) is 4.83. The minimum Gasteiger partial charge on any atom is -1.00 e. The van der Waals surface area contributed by atoms with Crippen molar-refractivity contribution in [2.75, 3.05) is 18.0 Å². The van der Waals surface area contributed by atoms with Crippen LogP contribution in [0, 0.1) is 17.8 Å². The molecule has 0 spiro atoms. The van der Waals surface area contributed by atoms with Gasteiger partial charge < -0.3 is 28.9 Å². The molecule has 4 aliphatic carbocycles. The van der Waals surface area contributed by atoms with Gasteiger partial charge in [-0.25, -0.2) is 0 Å². The van der Waals surface area contributed by atoms with Crippen LogP contribution in [0.1, 0.15) is 64.2 Å². The van der Waals surface area contributed by atoms with Crippen molar-refractivity contribution in [1.82, 2.24) is 0 Å². The number of anilines is 1. The Morgan fingerprint density at radius 2 is 1.29 bits per heavy atom. The molecule has 0 aromatic carbocycles. The lowest BCUT2D eigenvalue weighted by Crippen LogP contribution is -3.00. The van der Waals surface area contributed by atoms with Crippen LogP contribution in [-0.4, -0.2) is 13.1 Å². The maximum Gasteiger partial charge on any atom is 0.171 e. The van der Waals surface area contributed by atoms with Gasteiger partial charge in [-0.3, -0.25) is 0 Å². The highest BCUT2D eigenvalue weighted by molar-refractivity contribution is 5.43. The van der Waals surface area contributed by atoms with E-state index in [4.69, 9.17) is 0 Å².